The lowest BCUT2D eigenvalue weighted by Gasteiger charge is -2.14. The van der Waals surface area contributed by atoms with Gasteiger partial charge in [-0.25, -0.2) is 4.98 Å². The fourth-order valence-electron chi connectivity index (χ4n) is 1.80. The third-order valence-electron chi connectivity index (χ3n) is 2.73. The molecule has 100 valence electrons. The fraction of sp³-hybridized carbons (Fsp3) is 0.286. The monoisotopic (exact) mass is 275 g/mol. The standard InChI is InChI=1S/C14H17N3OS/c1-3-19-11-6-4-10(5-7-11)12(15)13-14(18-2)17-9-8-16-13/h4-9,12H,3,15H2,1-2H3. The summed E-state index contributed by atoms with van der Waals surface area (Å²) in [5.41, 5.74) is 7.88. The van der Waals surface area contributed by atoms with Crippen LogP contribution in [0.3, 0.4) is 0 Å². The maximum atomic E-state index is 6.23. The Kier molecular flexibility index (Phi) is 4.76. The van der Waals surface area contributed by atoms with Crippen molar-refractivity contribution >= 4 is 11.8 Å². The van der Waals surface area contributed by atoms with E-state index in [1.165, 1.54) is 4.90 Å². The van der Waals surface area contributed by atoms with E-state index in [0.29, 0.717) is 11.6 Å². The zero-order valence-electron chi connectivity index (χ0n) is 11.0. The topological polar surface area (TPSA) is 61.0 Å². The van der Waals surface area contributed by atoms with Crippen molar-refractivity contribution in [1.82, 2.24) is 9.97 Å². The lowest BCUT2D eigenvalue weighted by atomic mass is 10.0. The largest absolute Gasteiger partial charge is 0.480 e. The van der Waals surface area contributed by atoms with E-state index in [9.17, 15) is 0 Å². The van der Waals surface area contributed by atoms with Crippen LogP contribution in [0.5, 0.6) is 5.88 Å². The minimum atomic E-state index is -0.329. The molecule has 19 heavy (non-hydrogen) atoms. The molecule has 0 bridgehead atoms. The van der Waals surface area contributed by atoms with Gasteiger partial charge in [0.15, 0.2) is 0 Å². The van der Waals surface area contributed by atoms with E-state index < -0.39 is 0 Å². The van der Waals surface area contributed by atoms with Crippen LogP contribution in [0.15, 0.2) is 41.6 Å². The van der Waals surface area contributed by atoms with Gasteiger partial charge < -0.3 is 10.5 Å². The third-order valence-corrected chi connectivity index (χ3v) is 3.62. The molecule has 0 aliphatic rings. The zero-order chi connectivity index (χ0) is 13.7. The molecule has 1 heterocycles. The van der Waals surface area contributed by atoms with Crippen molar-refractivity contribution in [3.8, 4) is 5.88 Å². The summed E-state index contributed by atoms with van der Waals surface area (Å²) in [5, 5.41) is 0. The first-order chi connectivity index (χ1) is 9.26. The molecular formula is C14H17N3OS. The highest BCUT2D eigenvalue weighted by molar-refractivity contribution is 7.99. The molecule has 0 radical (unpaired) electrons. The second kappa shape index (κ2) is 6.54. The lowest BCUT2D eigenvalue weighted by molar-refractivity contribution is 0.387. The number of benzene rings is 1. The van der Waals surface area contributed by atoms with Gasteiger partial charge in [0, 0.05) is 17.3 Å². The van der Waals surface area contributed by atoms with Gasteiger partial charge in [0.05, 0.1) is 13.2 Å². The Hall–Kier alpha value is -1.59. The van der Waals surface area contributed by atoms with Crippen LogP contribution in [-0.4, -0.2) is 22.8 Å². The summed E-state index contributed by atoms with van der Waals surface area (Å²) in [5.74, 6) is 1.53. The Bertz CT molecular complexity index is 530. The Morgan fingerprint density at radius 1 is 1.21 bits per heavy atom. The predicted octanol–water partition coefficient (Wildman–Crippen LogP) is 2.65. The SMILES string of the molecule is CCSc1ccc(C(N)c2nccnc2OC)cc1. The van der Waals surface area contributed by atoms with Gasteiger partial charge in [-0.3, -0.25) is 4.98 Å². The molecule has 0 aliphatic heterocycles. The van der Waals surface area contributed by atoms with Crippen LogP contribution in [0, 0.1) is 0 Å². The van der Waals surface area contributed by atoms with E-state index in [1.54, 1.807) is 31.3 Å². The number of aromatic nitrogens is 2. The molecule has 0 fully saturated rings. The lowest BCUT2D eigenvalue weighted by Crippen LogP contribution is -2.15. The number of nitrogens with zero attached hydrogens (tertiary/aromatic N) is 2. The first-order valence-electron chi connectivity index (χ1n) is 6.09. The van der Waals surface area contributed by atoms with Crippen molar-refractivity contribution in [2.24, 2.45) is 5.73 Å². The normalized spacial score (nSPS) is 12.2. The van der Waals surface area contributed by atoms with E-state index in [0.717, 1.165) is 11.3 Å². The molecule has 0 spiro atoms. The molecule has 1 unspecified atom stereocenters. The summed E-state index contributed by atoms with van der Waals surface area (Å²) >= 11 is 1.81. The average Bonchev–Trinajstić information content (AvgIpc) is 2.47. The molecule has 4 nitrogen and oxygen atoms in total. The van der Waals surface area contributed by atoms with Gasteiger partial charge in [0.2, 0.25) is 5.88 Å². The number of methoxy groups -OCH3 is 1. The third kappa shape index (κ3) is 3.24. The second-order valence-electron chi connectivity index (χ2n) is 3.93. The van der Waals surface area contributed by atoms with E-state index in [4.69, 9.17) is 10.5 Å². The van der Waals surface area contributed by atoms with Crippen molar-refractivity contribution in [3.05, 3.63) is 47.9 Å². The van der Waals surface area contributed by atoms with Gasteiger partial charge >= 0.3 is 0 Å². The van der Waals surface area contributed by atoms with Crippen LogP contribution in [0.1, 0.15) is 24.2 Å². The number of hydrogen-bond donors (Lipinski definition) is 1. The molecule has 1 aromatic heterocycles. The van der Waals surface area contributed by atoms with Gasteiger partial charge in [0.1, 0.15) is 5.69 Å². The van der Waals surface area contributed by atoms with Gasteiger partial charge in [-0.05, 0) is 23.4 Å². The Balaban J connectivity index is 2.25. The first kappa shape index (κ1) is 13.8. The van der Waals surface area contributed by atoms with Crippen LogP contribution in [0.2, 0.25) is 0 Å². The number of hydrogen-bond acceptors (Lipinski definition) is 5. The average molecular weight is 275 g/mol. The molecular weight excluding hydrogens is 258 g/mol. The van der Waals surface area contributed by atoms with Crippen molar-refractivity contribution in [2.45, 2.75) is 17.9 Å². The van der Waals surface area contributed by atoms with Crippen molar-refractivity contribution in [2.75, 3.05) is 12.9 Å². The summed E-state index contributed by atoms with van der Waals surface area (Å²) < 4.78 is 5.19. The fourth-order valence-corrected chi connectivity index (χ4v) is 2.46. The molecule has 1 aromatic carbocycles. The zero-order valence-corrected chi connectivity index (χ0v) is 11.9. The second-order valence-corrected chi connectivity index (χ2v) is 5.27. The summed E-state index contributed by atoms with van der Waals surface area (Å²) in [6.07, 6.45) is 3.22. The molecule has 1 atom stereocenters. The number of nitrogens with two attached hydrogens (primary N) is 1. The highest BCUT2D eigenvalue weighted by Gasteiger charge is 2.16. The van der Waals surface area contributed by atoms with Crippen LogP contribution in [-0.2, 0) is 0 Å². The number of ether oxygens (including phenoxy) is 1. The van der Waals surface area contributed by atoms with Gasteiger partial charge in [0.25, 0.3) is 0 Å². The number of thioether (sulfide) groups is 1. The van der Waals surface area contributed by atoms with Crippen molar-refractivity contribution in [1.29, 1.82) is 0 Å². The molecule has 2 rings (SSSR count). The molecule has 2 aromatic rings. The van der Waals surface area contributed by atoms with E-state index in [-0.39, 0.29) is 6.04 Å². The smallest absolute Gasteiger partial charge is 0.237 e. The van der Waals surface area contributed by atoms with Crippen LogP contribution >= 0.6 is 11.8 Å². The van der Waals surface area contributed by atoms with E-state index in [1.807, 2.05) is 12.1 Å². The maximum Gasteiger partial charge on any atom is 0.237 e. The van der Waals surface area contributed by atoms with Crippen molar-refractivity contribution < 1.29 is 4.74 Å². The number of rotatable bonds is 5. The maximum absolute atomic E-state index is 6.23. The minimum absolute atomic E-state index is 0.329. The van der Waals surface area contributed by atoms with Gasteiger partial charge in [-0.2, -0.15) is 0 Å². The van der Waals surface area contributed by atoms with Gasteiger partial charge in [-0.15, -0.1) is 11.8 Å². The predicted molar refractivity (Wildman–Crippen MR) is 77.5 cm³/mol. The summed E-state index contributed by atoms with van der Waals surface area (Å²) in [7, 11) is 1.57. The molecule has 5 heteroatoms. The molecule has 0 saturated heterocycles. The van der Waals surface area contributed by atoms with E-state index in [2.05, 4.69) is 29.0 Å². The first-order valence-corrected chi connectivity index (χ1v) is 7.08. The Morgan fingerprint density at radius 2 is 1.89 bits per heavy atom. The van der Waals surface area contributed by atoms with Crippen LogP contribution in [0.25, 0.3) is 0 Å². The summed E-state index contributed by atoms with van der Waals surface area (Å²) in [6.45, 7) is 2.13. The molecule has 0 aliphatic carbocycles. The van der Waals surface area contributed by atoms with Crippen LogP contribution < -0.4 is 10.5 Å². The Labute approximate surface area is 117 Å². The van der Waals surface area contributed by atoms with Crippen LogP contribution in [0.4, 0.5) is 0 Å². The molecule has 0 saturated carbocycles. The quantitative estimate of drug-likeness (QED) is 0.850. The highest BCUT2D eigenvalue weighted by atomic mass is 32.2. The molecule has 2 N–H and O–H groups in total. The van der Waals surface area contributed by atoms with Crippen molar-refractivity contribution in [3.63, 3.8) is 0 Å². The molecule has 0 amide bonds. The van der Waals surface area contributed by atoms with E-state index >= 15 is 0 Å². The summed E-state index contributed by atoms with van der Waals surface area (Å²) in [4.78, 5) is 9.63. The highest BCUT2D eigenvalue weighted by Crippen LogP contribution is 2.26. The summed E-state index contributed by atoms with van der Waals surface area (Å²) in [6, 6.07) is 7.87. The van der Waals surface area contributed by atoms with Gasteiger partial charge in [-0.1, -0.05) is 19.1 Å². The Morgan fingerprint density at radius 3 is 2.53 bits per heavy atom. The minimum Gasteiger partial charge on any atom is -0.480 e.